The van der Waals surface area contributed by atoms with E-state index in [4.69, 9.17) is 9.47 Å². The van der Waals surface area contributed by atoms with Crippen LogP contribution in [-0.4, -0.2) is 78.6 Å². The molecule has 5 rings (SSSR count). The third-order valence-corrected chi connectivity index (χ3v) is 7.32. The minimum atomic E-state index is -3.04. The molecule has 3 heterocycles. The predicted octanol–water partition coefficient (Wildman–Crippen LogP) is 3.84. The van der Waals surface area contributed by atoms with Gasteiger partial charge in [0.2, 0.25) is 5.88 Å². The number of likely N-dealkylation sites (tertiary alicyclic amines) is 1. The Hall–Kier alpha value is -4.81. The highest BCUT2D eigenvalue weighted by molar-refractivity contribution is 6.05. The van der Waals surface area contributed by atoms with Gasteiger partial charge in [-0.3, -0.25) is 14.4 Å². The predicted molar refractivity (Wildman–Crippen MR) is 157 cm³/mol. The van der Waals surface area contributed by atoms with Gasteiger partial charge in [-0.05, 0) is 53.8 Å². The SMILES string of the molecule is COCCNCc1cc(C(=O)Nc2cc(-c3ccc(C#N)cc3C(=O)N3CC(F)(F)C3)cc(OCC(F)F)n2)c(=O)n(C2CC2)c1. The van der Waals surface area contributed by atoms with Crippen LogP contribution in [0.4, 0.5) is 23.4 Å². The van der Waals surface area contributed by atoms with E-state index >= 15 is 0 Å². The summed E-state index contributed by atoms with van der Waals surface area (Å²) in [6, 6.07) is 9.91. The van der Waals surface area contributed by atoms with Crippen molar-refractivity contribution in [1.29, 1.82) is 5.26 Å². The van der Waals surface area contributed by atoms with Crippen LogP contribution in [0.2, 0.25) is 0 Å². The molecule has 2 amide bonds. The monoisotopic (exact) mass is 642 g/mol. The number of halogens is 4. The van der Waals surface area contributed by atoms with Gasteiger partial charge >= 0.3 is 0 Å². The molecule has 1 saturated heterocycles. The highest BCUT2D eigenvalue weighted by atomic mass is 19.3. The number of nitrogens with one attached hydrogen (secondary N) is 2. The average Bonchev–Trinajstić information content (AvgIpc) is 3.86. The number of hydrogen-bond acceptors (Lipinski definition) is 8. The number of ether oxygens (including phenoxy) is 2. The fourth-order valence-corrected chi connectivity index (χ4v) is 4.95. The number of carbonyl (C=O) groups is 2. The van der Waals surface area contributed by atoms with Crippen LogP contribution < -0.4 is 20.9 Å². The standard InChI is InChI=1S/C31H30F4N6O5/c1-45-7-6-37-13-19-9-24(30(44)41(14-19)21-3-4-21)28(42)39-26-10-20(11-27(38-26)46-15-25(32)33)22-5-2-18(12-36)8-23(22)29(43)40-16-31(34,35)17-40/h2,5,8-11,14,21,25,37H,3-4,6-7,13,15-17H2,1H3,(H,38,39,42). The number of alkyl halides is 4. The summed E-state index contributed by atoms with van der Waals surface area (Å²) >= 11 is 0. The first kappa shape index (κ1) is 32.6. The third kappa shape index (κ3) is 7.69. The quantitative estimate of drug-likeness (QED) is 0.212. The molecular formula is C31H30F4N6O5. The summed E-state index contributed by atoms with van der Waals surface area (Å²) in [6.45, 7) is -1.28. The molecule has 2 aromatic heterocycles. The molecule has 0 atom stereocenters. The second-order valence-electron chi connectivity index (χ2n) is 11.0. The van der Waals surface area contributed by atoms with Crippen molar-refractivity contribution in [2.24, 2.45) is 0 Å². The molecule has 1 aliphatic heterocycles. The lowest BCUT2D eigenvalue weighted by atomic mass is 9.96. The normalized spacial score (nSPS) is 15.3. The maximum Gasteiger partial charge on any atom is 0.282 e. The number of anilines is 1. The fourth-order valence-electron chi connectivity index (χ4n) is 4.95. The van der Waals surface area contributed by atoms with Crippen molar-refractivity contribution < 1.29 is 36.6 Å². The van der Waals surface area contributed by atoms with Gasteiger partial charge < -0.3 is 29.6 Å². The molecule has 3 aromatic rings. The summed E-state index contributed by atoms with van der Waals surface area (Å²) in [5, 5.41) is 15.1. The molecule has 2 aliphatic rings. The summed E-state index contributed by atoms with van der Waals surface area (Å²) in [7, 11) is 1.57. The van der Waals surface area contributed by atoms with Gasteiger partial charge in [-0.15, -0.1) is 0 Å². The Morgan fingerprint density at radius 2 is 1.91 bits per heavy atom. The van der Waals surface area contributed by atoms with Crippen LogP contribution in [0.5, 0.6) is 5.88 Å². The number of pyridine rings is 2. The maximum absolute atomic E-state index is 13.6. The van der Waals surface area contributed by atoms with Crippen LogP contribution in [0.3, 0.4) is 0 Å². The topological polar surface area (TPSA) is 139 Å². The number of methoxy groups -OCH3 is 1. The number of nitriles is 1. The Balaban J connectivity index is 1.50. The van der Waals surface area contributed by atoms with E-state index in [2.05, 4.69) is 15.6 Å². The average molecular weight is 643 g/mol. The Morgan fingerprint density at radius 3 is 2.57 bits per heavy atom. The van der Waals surface area contributed by atoms with Crippen molar-refractivity contribution >= 4 is 17.6 Å². The molecular weight excluding hydrogens is 612 g/mol. The second kappa shape index (κ2) is 13.7. The van der Waals surface area contributed by atoms with E-state index < -0.39 is 49.4 Å². The molecule has 11 nitrogen and oxygen atoms in total. The molecule has 0 bridgehead atoms. The Labute approximate surface area is 260 Å². The Bertz CT molecular complexity index is 1730. The van der Waals surface area contributed by atoms with Gasteiger partial charge in [-0.1, -0.05) is 6.07 Å². The van der Waals surface area contributed by atoms with Gasteiger partial charge in [-0.2, -0.15) is 10.2 Å². The van der Waals surface area contributed by atoms with E-state index in [9.17, 15) is 37.2 Å². The molecule has 0 unspecified atom stereocenters. The molecule has 242 valence electrons. The number of hydrogen-bond donors (Lipinski definition) is 2. The van der Waals surface area contributed by atoms with Crippen LogP contribution in [0.1, 0.15) is 50.7 Å². The zero-order chi connectivity index (χ0) is 33.0. The Morgan fingerprint density at radius 1 is 1.15 bits per heavy atom. The first-order valence-electron chi connectivity index (χ1n) is 14.4. The second-order valence-corrected chi connectivity index (χ2v) is 11.0. The number of carbonyl (C=O) groups excluding carboxylic acids is 2. The molecule has 1 aliphatic carbocycles. The fraction of sp³-hybridized carbons (Fsp3) is 0.387. The summed E-state index contributed by atoms with van der Waals surface area (Å²) in [6.07, 6.45) is 0.418. The van der Waals surface area contributed by atoms with Gasteiger partial charge in [0.25, 0.3) is 29.7 Å². The molecule has 0 radical (unpaired) electrons. The van der Waals surface area contributed by atoms with Crippen LogP contribution in [0, 0.1) is 11.3 Å². The maximum atomic E-state index is 13.6. The van der Waals surface area contributed by atoms with Gasteiger partial charge in [0, 0.05) is 44.1 Å². The van der Waals surface area contributed by atoms with E-state index in [1.54, 1.807) is 13.3 Å². The summed E-state index contributed by atoms with van der Waals surface area (Å²) in [5.74, 6) is -5.15. The lowest BCUT2D eigenvalue weighted by molar-refractivity contribution is -0.113. The van der Waals surface area contributed by atoms with E-state index in [1.807, 2.05) is 6.07 Å². The largest absolute Gasteiger partial charge is 0.472 e. The lowest BCUT2D eigenvalue weighted by Gasteiger charge is -2.39. The molecule has 15 heteroatoms. The Kier molecular flexibility index (Phi) is 9.68. The highest BCUT2D eigenvalue weighted by Crippen LogP contribution is 2.35. The summed E-state index contributed by atoms with van der Waals surface area (Å²) in [5.41, 5.74) is 0.275. The summed E-state index contributed by atoms with van der Waals surface area (Å²) in [4.78, 5) is 45.0. The lowest BCUT2D eigenvalue weighted by Crippen LogP contribution is -2.58. The zero-order valence-corrected chi connectivity index (χ0v) is 24.7. The van der Waals surface area contributed by atoms with Crippen molar-refractivity contribution in [2.45, 2.75) is 37.8 Å². The zero-order valence-electron chi connectivity index (χ0n) is 24.7. The number of rotatable bonds is 13. The van der Waals surface area contributed by atoms with Crippen LogP contribution >= 0.6 is 0 Å². The number of nitrogens with zero attached hydrogens (tertiary/aromatic N) is 4. The molecule has 0 spiro atoms. The van der Waals surface area contributed by atoms with Crippen molar-refractivity contribution in [3.8, 4) is 23.1 Å². The van der Waals surface area contributed by atoms with Crippen molar-refractivity contribution in [2.75, 3.05) is 45.3 Å². The van der Waals surface area contributed by atoms with E-state index in [1.165, 1.54) is 41.0 Å². The minimum Gasteiger partial charge on any atom is -0.472 e. The number of benzene rings is 1. The number of amides is 2. The molecule has 46 heavy (non-hydrogen) atoms. The first-order valence-corrected chi connectivity index (χ1v) is 14.4. The van der Waals surface area contributed by atoms with Crippen LogP contribution in [-0.2, 0) is 11.3 Å². The van der Waals surface area contributed by atoms with Gasteiger partial charge in [0.1, 0.15) is 11.4 Å². The van der Waals surface area contributed by atoms with E-state index in [0.717, 1.165) is 17.7 Å². The smallest absolute Gasteiger partial charge is 0.282 e. The molecule has 1 aromatic carbocycles. The van der Waals surface area contributed by atoms with Gasteiger partial charge in [-0.25, -0.2) is 17.6 Å². The molecule has 1 saturated carbocycles. The van der Waals surface area contributed by atoms with Gasteiger partial charge in [0.15, 0.2) is 6.61 Å². The highest BCUT2D eigenvalue weighted by Gasteiger charge is 2.46. The van der Waals surface area contributed by atoms with Crippen LogP contribution in [0.15, 0.2) is 47.4 Å². The minimum absolute atomic E-state index is 0.0347. The van der Waals surface area contributed by atoms with Gasteiger partial charge in [0.05, 0.1) is 31.3 Å². The van der Waals surface area contributed by atoms with E-state index in [0.29, 0.717) is 25.3 Å². The van der Waals surface area contributed by atoms with Crippen molar-refractivity contribution in [3.63, 3.8) is 0 Å². The molecule has 2 fully saturated rings. The van der Waals surface area contributed by atoms with Crippen molar-refractivity contribution in [1.82, 2.24) is 19.8 Å². The number of aromatic nitrogens is 2. The van der Waals surface area contributed by atoms with Crippen molar-refractivity contribution in [3.05, 3.63) is 75.2 Å². The van der Waals surface area contributed by atoms with E-state index in [-0.39, 0.29) is 45.6 Å². The van der Waals surface area contributed by atoms with Crippen LogP contribution in [0.25, 0.3) is 11.1 Å². The third-order valence-electron chi connectivity index (χ3n) is 7.32. The molecule has 2 N–H and O–H groups in total. The first-order chi connectivity index (χ1) is 22.0. The summed E-state index contributed by atoms with van der Waals surface area (Å²) < 4.78 is 64.9.